The molecule has 1 aromatic heterocycles. The molecule has 46 heavy (non-hydrogen) atoms. The van der Waals surface area contributed by atoms with Gasteiger partial charge >= 0.3 is 0 Å². The Balaban J connectivity index is 1.22. The average molecular weight is 614 g/mol. The van der Waals surface area contributed by atoms with Gasteiger partial charge in [0, 0.05) is 36.0 Å². The maximum Gasteiger partial charge on any atom is 0.255 e. The van der Waals surface area contributed by atoms with Crippen LogP contribution in [0.3, 0.4) is 0 Å². The Hall–Kier alpha value is -6.28. The fraction of sp³-hybridized carbons (Fsp3) is 0.143. The Labute approximate surface area is 266 Å². The molecule has 4 aromatic carbocycles. The summed E-state index contributed by atoms with van der Waals surface area (Å²) in [7, 11) is 3.24. The van der Waals surface area contributed by atoms with Crippen molar-refractivity contribution in [2.45, 2.75) is 19.0 Å². The molecule has 230 valence electrons. The maximum atomic E-state index is 13.6. The summed E-state index contributed by atoms with van der Waals surface area (Å²) in [6.07, 6.45) is 1.95. The summed E-state index contributed by atoms with van der Waals surface area (Å²) < 4.78 is 6.62. The van der Waals surface area contributed by atoms with Crippen LogP contribution in [0.1, 0.15) is 21.5 Å². The van der Waals surface area contributed by atoms with Crippen molar-refractivity contribution in [1.82, 2.24) is 20.3 Å². The summed E-state index contributed by atoms with van der Waals surface area (Å²) >= 11 is 0. The first-order chi connectivity index (χ1) is 22.3. The van der Waals surface area contributed by atoms with E-state index in [9.17, 15) is 14.4 Å². The smallest absolute Gasteiger partial charge is 0.255 e. The second-order valence-electron chi connectivity index (χ2n) is 10.4. The first-order valence-corrected chi connectivity index (χ1v) is 14.4. The quantitative estimate of drug-likeness (QED) is 0.224. The van der Waals surface area contributed by atoms with Gasteiger partial charge in [0.15, 0.2) is 0 Å². The van der Waals surface area contributed by atoms with E-state index < -0.39 is 11.9 Å². The van der Waals surface area contributed by atoms with Crippen molar-refractivity contribution in [1.29, 1.82) is 5.26 Å². The predicted octanol–water partition coefficient (Wildman–Crippen LogP) is 4.47. The molecule has 0 aliphatic carbocycles. The lowest BCUT2D eigenvalue weighted by Crippen LogP contribution is -2.49. The second kappa shape index (κ2) is 14.5. The molecule has 0 aliphatic rings. The molecule has 0 aliphatic heterocycles. The summed E-state index contributed by atoms with van der Waals surface area (Å²) in [6.45, 7) is -0.142. The monoisotopic (exact) mass is 613 g/mol. The summed E-state index contributed by atoms with van der Waals surface area (Å²) in [5, 5.41) is 22.9. The van der Waals surface area contributed by atoms with Crippen LogP contribution >= 0.6 is 0 Å². The van der Waals surface area contributed by atoms with Gasteiger partial charge in [-0.2, -0.15) is 5.26 Å². The molecule has 0 saturated heterocycles. The number of hydrogen-bond donors (Lipinski definition) is 2. The number of nitrogens with zero attached hydrogens (tertiary/aromatic N) is 5. The first-order valence-electron chi connectivity index (χ1n) is 14.4. The minimum absolute atomic E-state index is 0.142. The van der Waals surface area contributed by atoms with E-state index in [0.717, 1.165) is 11.1 Å². The molecule has 0 bridgehead atoms. The minimum atomic E-state index is -0.822. The van der Waals surface area contributed by atoms with Crippen molar-refractivity contribution >= 4 is 29.1 Å². The van der Waals surface area contributed by atoms with Crippen LogP contribution in [0.15, 0.2) is 109 Å². The van der Waals surface area contributed by atoms with E-state index in [-0.39, 0.29) is 18.4 Å². The third-order valence-electron chi connectivity index (χ3n) is 7.27. The van der Waals surface area contributed by atoms with E-state index in [4.69, 9.17) is 10.00 Å². The molecule has 11 nitrogen and oxygen atoms in total. The molecule has 0 radical (unpaired) electrons. The van der Waals surface area contributed by atoms with Crippen LogP contribution in [-0.2, 0) is 22.6 Å². The van der Waals surface area contributed by atoms with E-state index in [1.54, 1.807) is 93.2 Å². The SMILES string of the molecule is COc1ccc(N(C)C(=O)[C@H](Cc2ccccc2)NC(=O)Cn2cc(-c3ccc(NC(=O)c4ccc(C#N)cc4)cc3)nn2)cc1. The molecule has 11 heteroatoms. The van der Waals surface area contributed by atoms with Crippen molar-refractivity contribution in [3.63, 3.8) is 0 Å². The number of likely N-dealkylation sites (N-methyl/N-ethyl adjacent to an activating group) is 1. The van der Waals surface area contributed by atoms with Gasteiger partial charge in [0.1, 0.15) is 24.0 Å². The van der Waals surface area contributed by atoms with Gasteiger partial charge < -0.3 is 20.3 Å². The van der Waals surface area contributed by atoms with Crippen molar-refractivity contribution < 1.29 is 19.1 Å². The summed E-state index contributed by atoms with van der Waals surface area (Å²) in [6, 6.07) is 31.2. The number of carbonyl (C=O) groups excluding carboxylic acids is 3. The minimum Gasteiger partial charge on any atom is -0.497 e. The van der Waals surface area contributed by atoms with Crippen molar-refractivity contribution in [2.75, 3.05) is 24.4 Å². The summed E-state index contributed by atoms with van der Waals surface area (Å²) in [5.74, 6) is -0.287. The van der Waals surface area contributed by atoms with Gasteiger partial charge in [-0.25, -0.2) is 4.68 Å². The van der Waals surface area contributed by atoms with Gasteiger partial charge in [-0.3, -0.25) is 14.4 Å². The Morgan fingerprint density at radius 2 is 1.63 bits per heavy atom. The molecule has 0 spiro atoms. The number of carbonyl (C=O) groups is 3. The standard InChI is InChI=1S/C35H31N7O4/c1-41(29-16-18-30(46-2)19-17-29)35(45)31(20-24-6-4-3-5-7-24)38-33(43)23-42-22-32(39-40-42)26-12-14-28(15-13-26)37-34(44)27-10-8-25(21-36)9-11-27/h3-19,22,31H,20,23H2,1-2H3,(H,37,44)(H,38,43)/t31-/m0/s1. The van der Waals surface area contributed by atoms with Crippen LogP contribution < -0.4 is 20.3 Å². The predicted molar refractivity (Wildman–Crippen MR) is 173 cm³/mol. The molecule has 3 amide bonds. The van der Waals surface area contributed by atoms with E-state index >= 15 is 0 Å². The van der Waals surface area contributed by atoms with Gasteiger partial charge in [-0.05, 0) is 66.2 Å². The lowest BCUT2D eigenvalue weighted by molar-refractivity contribution is -0.127. The number of benzene rings is 4. The molecular formula is C35H31N7O4. The van der Waals surface area contributed by atoms with E-state index in [0.29, 0.717) is 40.4 Å². The molecule has 0 fully saturated rings. The fourth-order valence-corrected chi connectivity index (χ4v) is 4.74. The van der Waals surface area contributed by atoms with Crippen LogP contribution in [0, 0.1) is 11.3 Å². The lowest BCUT2D eigenvalue weighted by Gasteiger charge is -2.25. The number of ether oxygens (including phenoxy) is 1. The largest absolute Gasteiger partial charge is 0.497 e. The molecule has 0 saturated carbocycles. The molecule has 1 heterocycles. The average Bonchev–Trinajstić information content (AvgIpc) is 3.56. The van der Waals surface area contributed by atoms with Gasteiger partial charge in [-0.1, -0.05) is 47.7 Å². The Morgan fingerprint density at radius 3 is 2.28 bits per heavy atom. The Morgan fingerprint density at radius 1 is 0.935 bits per heavy atom. The van der Waals surface area contributed by atoms with E-state index in [1.807, 2.05) is 36.4 Å². The number of nitrogens with one attached hydrogen (secondary N) is 2. The van der Waals surface area contributed by atoms with Crippen molar-refractivity contribution in [2.24, 2.45) is 0 Å². The third-order valence-corrected chi connectivity index (χ3v) is 7.27. The normalized spacial score (nSPS) is 11.2. The van der Waals surface area contributed by atoms with Crippen LogP contribution in [-0.4, -0.2) is 52.9 Å². The molecule has 5 aromatic rings. The van der Waals surface area contributed by atoms with Crippen molar-refractivity contribution in [3.8, 4) is 23.1 Å². The van der Waals surface area contributed by atoms with Crippen LogP contribution in [0.4, 0.5) is 11.4 Å². The molecule has 0 unspecified atom stereocenters. The highest BCUT2D eigenvalue weighted by Gasteiger charge is 2.26. The molecular weight excluding hydrogens is 582 g/mol. The highest BCUT2D eigenvalue weighted by molar-refractivity contribution is 6.04. The summed E-state index contributed by atoms with van der Waals surface area (Å²) in [4.78, 5) is 40.8. The highest BCUT2D eigenvalue weighted by Crippen LogP contribution is 2.21. The third kappa shape index (κ3) is 7.81. The summed E-state index contributed by atoms with van der Waals surface area (Å²) in [5.41, 5.74) is 4.34. The number of aromatic nitrogens is 3. The maximum absolute atomic E-state index is 13.6. The highest BCUT2D eigenvalue weighted by atomic mass is 16.5. The zero-order valence-electron chi connectivity index (χ0n) is 25.3. The first kappa shape index (κ1) is 31.2. The fourth-order valence-electron chi connectivity index (χ4n) is 4.74. The van der Waals surface area contributed by atoms with Gasteiger partial charge in [0.2, 0.25) is 11.8 Å². The number of amides is 3. The second-order valence-corrected chi connectivity index (χ2v) is 10.4. The molecule has 5 rings (SSSR count). The number of anilines is 2. The van der Waals surface area contributed by atoms with Gasteiger partial charge in [0.25, 0.3) is 5.91 Å². The van der Waals surface area contributed by atoms with Gasteiger partial charge in [-0.15, -0.1) is 5.10 Å². The Kier molecular flexibility index (Phi) is 9.79. The van der Waals surface area contributed by atoms with E-state index in [2.05, 4.69) is 20.9 Å². The van der Waals surface area contributed by atoms with Gasteiger partial charge in [0.05, 0.1) is 24.9 Å². The number of methoxy groups -OCH3 is 1. The lowest BCUT2D eigenvalue weighted by atomic mass is 10.0. The zero-order valence-corrected chi connectivity index (χ0v) is 25.3. The number of nitriles is 1. The number of hydrogen-bond acceptors (Lipinski definition) is 7. The number of rotatable bonds is 11. The topological polar surface area (TPSA) is 142 Å². The van der Waals surface area contributed by atoms with E-state index in [1.165, 1.54) is 9.58 Å². The zero-order chi connectivity index (χ0) is 32.5. The van der Waals surface area contributed by atoms with Crippen LogP contribution in [0.25, 0.3) is 11.3 Å². The Bertz CT molecular complexity index is 1850. The van der Waals surface area contributed by atoms with Crippen LogP contribution in [0.2, 0.25) is 0 Å². The van der Waals surface area contributed by atoms with Crippen molar-refractivity contribution in [3.05, 3.63) is 126 Å². The molecule has 2 N–H and O–H groups in total. The molecule has 1 atom stereocenters. The van der Waals surface area contributed by atoms with Crippen LogP contribution in [0.5, 0.6) is 5.75 Å².